The van der Waals surface area contributed by atoms with Crippen molar-refractivity contribution < 1.29 is 14.3 Å². The van der Waals surface area contributed by atoms with Crippen molar-refractivity contribution in [3.05, 3.63) is 16.1 Å². The fourth-order valence-corrected chi connectivity index (χ4v) is 4.16. The highest BCUT2D eigenvalue weighted by molar-refractivity contribution is 7.09. The van der Waals surface area contributed by atoms with E-state index in [0.29, 0.717) is 5.69 Å². The van der Waals surface area contributed by atoms with Crippen LogP contribution in [-0.4, -0.2) is 36.8 Å². The summed E-state index contributed by atoms with van der Waals surface area (Å²) >= 11 is 1.52. The van der Waals surface area contributed by atoms with Crippen LogP contribution in [-0.2, 0) is 9.47 Å². The molecule has 3 atom stereocenters. The van der Waals surface area contributed by atoms with Crippen molar-refractivity contribution in [3.63, 3.8) is 0 Å². The summed E-state index contributed by atoms with van der Waals surface area (Å²) in [6.45, 7) is 0.795. The second-order valence-corrected chi connectivity index (χ2v) is 6.95. The second kappa shape index (κ2) is 7.53. The van der Waals surface area contributed by atoms with E-state index in [1.165, 1.54) is 24.2 Å². The summed E-state index contributed by atoms with van der Waals surface area (Å²) in [5.74, 6) is -0.0885. The molecule has 0 spiro atoms. The van der Waals surface area contributed by atoms with E-state index in [1.807, 2.05) is 5.38 Å². The van der Waals surface area contributed by atoms with Gasteiger partial charge in [0.1, 0.15) is 16.8 Å². The Bertz CT molecular complexity index is 499. The molecule has 1 N–H and O–H groups in total. The molecule has 1 aromatic heterocycles. The number of aromatic nitrogens is 1. The number of ether oxygens (including phenoxy) is 2. The van der Waals surface area contributed by atoms with Crippen molar-refractivity contribution in [2.24, 2.45) is 0 Å². The molecule has 2 aliphatic rings. The van der Waals surface area contributed by atoms with Crippen LogP contribution in [0.5, 0.6) is 0 Å². The maximum absolute atomic E-state index is 12.5. The van der Waals surface area contributed by atoms with Crippen LogP contribution < -0.4 is 5.32 Å². The molecule has 122 valence electrons. The number of amides is 1. The lowest BCUT2D eigenvalue weighted by molar-refractivity contribution is 0.0566. The van der Waals surface area contributed by atoms with E-state index < -0.39 is 0 Å². The first-order valence-electron chi connectivity index (χ1n) is 8.18. The standard InChI is InChI=1S/C16H24N2O3S/c1-20-13-7-4-2-3-6-11(13)17-15(19)12-10-22-16(18-12)14-8-5-9-21-14/h10-11,13-14H,2-9H2,1H3,(H,17,19)/t11-,13-,14-/m0/s1. The van der Waals surface area contributed by atoms with Gasteiger partial charge in [-0.15, -0.1) is 11.3 Å². The minimum Gasteiger partial charge on any atom is -0.379 e. The summed E-state index contributed by atoms with van der Waals surface area (Å²) < 4.78 is 11.2. The molecule has 1 saturated carbocycles. The molecule has 2 fully saturated rings. The molecule has 2 heterocycles. The van der Waals surface area contributed by atoms with Crippen molar-refractivity contribution in [3.8, 4) is 0 Å². The highest BCUT2D eigenvalue weighted by atomic mass is 32.1. The smallest absolute Gasteiger partial charge is 0.271 e. The van der Waals surface area contributed by atoms with Gasteiger partial charge in [-0.05, 0) is 25.7 Å². The number of carbonyl (C=O) groups is 1. The van der Waals surface area contributed by atoms with E-state index >= 15 is 0 Å². The molecular weight excluding hydrogens is 300 g/mol. The van der Waals surface area contributed by atoms with Crippen molar-refractivity contribution in [1.29, 1.82) is 0 Å². The molecule has 1 aliphatic carbocycles. The molecule has 6 heteroatoms. The van der Waals surface area contributed by atoms with Gasteiger partial charge in [0.05, 0.1) is 12.1 Å². The lowest BCUT2D eigenvalue weighted by Gasteiger charge is -2.24. The van der Waals surface area contributed by atoms with E-state index in [9.17, 15) is 4.79 Å². The normalized spacial score (nSPS) is 29.2. The minimum absolute atomic E-state index is 0.0798. The Morgan fingerprint density at radius 1 is 1.32 bits per heavy atom. The van der Waals surface area contributed by atoms with Gasteiger partial charge in [-0.3, -0.25) is 4.79 Å². The summed E-state index contributed by atoms with van der Waals surface area (Å²) in [6.07, 6.45) is 7.79. The molecule has 5 nitrogen and oxygen atoms in total. The van der Waals surface area contributed by atoms with Gasteiger partial charge in [0.15, 0.2) is 0 Å². The first-order valence-corrected chi connectivity index (χ1v) is 9.06. The second-order valence-electron chi connectivity index (χ2n) is 6.06. The van der Waals surface area contributed by atoms with Gasteiger partial charge < -0.3 is 14.8 Å². The Labute approximate surface area is 135 Å². The van der Waals surface area contributed by atoms with E-state index in [-0.39, 0.29) is 24.2 Å². The van der Waals surface area contributed by atoms with Gasteiger partial charge in [-0.1, -0.05) is 19.3 Å². The molecule has 0 aromatic carbocycles. The van der Waals surface area contributed by atoms with Crippen LogP contribution in [0.3, 0.4) is 0 Å². The molecule has 0 radical (unpaired) electrons. The monoisotopic (exact) mass is 324 g/mol. The third kappa shape index (κ3) is 3.67. The summed E-state index contributed by atoms with van der Waals surface area (Å²) in [5, 5.41) is 5.88. The number of methoxy groups -OCH3 is 1. The Morgan fingerprint density at radius 3 is 2.95 bits per heavy atom. The quantitative estimate of drug-likeness (QED) is 0.865. The zero-order chi connectivity index (χ0) is 15.4. The Kier molecular flexibility index (Phi) is 5.44. The third-order valence-electron chi connectivity index (χ3n) is 4.53. The SMILES string of the molecule is CO[C@H]1CCCCC[C@@H]1NC(=O)c1csc([C@@H]2CCCO2)n1. The number of nitrogens with zero attached hydrogens (tertiary/aromatic N) is 1. The molecule has 1 aliphatic heterocycles. The first-order chi connectivity index (χ1) is 10.8. The van der Waals surface area contributed by atoms with Crippen molar-refractivity contribution in [2.75, 3.05) is 13.7 Å². The van der Waals surface area contributed by atoms with Crippen LogP contribution in [0.25, 0.3) is 0 Å². The fraction of sp³-hybridized carbons (Fsp3) is 0.750. The summed E-state index contributed by atoms with van der Waals surface area (Å²) in [7, 11) is 1.73. The van der Waals surface area contributed by atoms with Crippen LogP contribution in [0, 0.1) is 0 Å². The number of carbonyl (C=O) groups excluding carboxylic acids is 1. The summed E-state index contributed by atoms with van der Waals surface area (Å²) in [5.41, 5.74) is 0.509. The highest BCUT2D eigenvalue weighted by Gasteiger charge is 2.27. The predicted molar refractivity (Wildman–Crippen MR) is 85.2 cm³/mol. The van der Waals surface area contributed by atoms with E-state index in [4.69, 9.17) is 9.47 Å². The number of rotatable bonds is 4. The number of nitrogens with one attached hydrogen (secondary N) is 1. The molecule has 1 aromatic rings. The topological polar surface area (TPSA) is 60.5 Å². The van der Waals surface area contributed by atoms with E-state index in [0.717, 1.165) is 43.7 Å². The zero-order valence-electron chi connectivity index (χ0n) is 13.0. The van der Waals surface area contributed by atoms with Crippen LogP contribution >= 0.6 is 11.3 Å². The molecule has 1 amide bonds. The Balaban J connectivity index is 1.63. The van der Waals surface area contributed by atoms with Crippen molar-refractivity contribution >= 4 is 17.2 Å². The minimum atomic E-state index is -0.0885. The lowest BCUT2D eigenvalue weighted by atomic mass is 10.1. The third-order valence-corrected chi connectivity index (χ3v) is 5.47. The Morgan fingerprint density at radius 2 is 2.18 bits per heavy atom. The van der Waals surface area contributed by atoms with E-state index in [2.05, 4.69) is 10.3 Å². The average molecular weight is 324 g/mol. The van der Waals surface area contributed by atoms with Crippen molar-refractivity contribution in [2.45, 2.75) is 63.2 Å². The van der Waals surface area contributed by atoms with Gasteiger partial charge >= 0.3 is 0 Å². The molecule has 3 rings (SSSR count). The van der Waals surface area contributed by atoms with Gasteiger partial charge in [0.25, 0.3) is 5.91 Å². The van der Waals surface area contributed by atoms with Crippen molar-refractivity contribution in [1.82, 2.24) is 10.3 Å². The summed E-state index contributed by atoms with van der Waals surface area (Å²) in [4.78, 5) is 16.9. The highest BCUT2D eigenvalue weighted by Crippen LogP contribution is 2.30. The summed E-state index contributed by atoms with van der Waals surface area (Å²) in [6, 6.07) is 0.0906. The molecule has 0 bridgehead atoms. The average Bonchev–Trinajstić information content (AvgIpc) is 3.16. The maximum Gasteiger partial charge on any atom is 0.271 e. The zero-order valence-corrected chi connectivity index (χ0v) is 13.9. The van der Waals surface area contributed by atoms with Crippen LogP contribution in [0.1, 0.15) is 66.5 Å². The lowest BCUT2D eigenvalue weighted by Crippen LogP contribution is -2.43. The molecule has 0 unspecified atom stereocenters. The first kappa shape index (κ1) is 15.9. The predicted octanol–water partition coefficient (Wildman–Crippen LogP) is 3.07. The van der Waals surface area contributed by atoms with Gasteiger partial charge in [-0.25, -0.2) is 4.98 Å². The number of hydrogen-bond donors (Lipinski definition) is 1. The largest absolute Gasteiger partial charge is 0.379 e. The van der Waals surface area contributed by atoms with Gasteiger partial charge in [0.2, 0.25) is 0 Å². The molecular formula is C16H24N2O3S. The maximum atomic E-state index is 12.5. The van der Waals surface area contributed by atoms with Crippen LogP contribution in [0.15, 0.2) is 5.38 Å². The molecule has 22 heavy (non-hydrogen) atoms. The van der Waals surface area contributed by atoms with Gasteiger partial charge in [0, 0.05) is 19.1 Å². The van der Waals surface area contributed by atoms with Crippen LogP contribution in [0.4, 0.5) is 0 Å². The number of hydrogen-bond acceptors (Lipinski definition) is 5. The van der Waals surface area contributed by atoms with Gasteiger partial charge in [-0.2, -0.15) is 0 Å². The van der Waals surface area contributed by atoms with Crippen LogP contribution in [0.2, 0.25) is 0 Å². The fourth-order valence-electron chi connectivity index (χ4n) is 3.28. The Hall–Kier alpha value is -0.980. The van der Waals surface area contributed by atoms with E-state index in [1.54, 1.807) is 7.11 Å². The molecule has 1 saturated heterocycles. The number of thiazole rings is 1.